The molecule has 100 valence electrons. The number of aromatic nitrogens is 2. The summed E-state index contributed by atoms with van der Waals surface area (Å²) < 4.78 is 5.24. The number of hydrogen-bond acceptors (Lipinski definition) is 5. The Morgan fingerprint density at radius 2 is 2.28 bits per heavy atom. The number of nitrogens with zero attached hydrogens (tertiary/aromatic N) is 3. The summed E-state index contributed by atoms with van der Waals surface area (Å²) in [6, 6.07) is 0. The molecule has 1 rings (SSSR count). The van der Waals surface area contributed by atoms with Gasteiger partial charge in [0.15, 0.2) is 5.82 Å². The van der Waals surface area contributed by atoms with Crippen molar-refractivity contribution in [1.82, 2.24) is 9.97 Å². The predicted molar refractivity (Wildman–Crippen MR) is 70.7 cm³/mol. The Balaban J connectivity index is 2.49. The second kappa shape index (κ2) is 7.60. The lowest BCUT2D eigenvalue weighted by Gasteiger charge is -2.15. The zero-order chi connectivity index (χ0) is 13.4. The van der Waals surface area contributed by atoms with Gasteiger partial charge < -0.3 is 15.0 Å². The first-order chi connectivity index (χ1) is 8.65. The van der Waals surface area contributed by atoms with Crippen molar-refractivity contribution in [3.05, 3.63) is 12.5 Å². The molecule has 0 spiro atoms. The maximum Gasteiger partial charge on any atom is 0.250 e. The lowest BCUT2D eigenvalue weighted by molar-refractivity contribution is -0.120. The number of hydrogen-bond donors (Lipinski definition) is 1. The van der Waals surface area contributed by atoms with E-state index in [9.17, 15) is 4.79 Å². The summed E-state index contributed by atoms with van der Waals surface area (Å²) >= 11 is 0. The third-order valence-corrected chi connectivity index (χ3v) is 2.26. The van der Waals surface area contributed by atoms with Crippen LogP contribution in [0.4, 0.5) is 11.5 Å². The number of nitrogens with one attached hydrogen (secondary N) is 1. The number of rotatable bonds is 7. The van der Waals surface area contributed by atoms with Gasteiger partial charge in [-0.3, -0.25) is 4.79 Å². The number of carbonyl (C=O) groups excluding carboxylic acids is 1. The molecule has 1 heterocycles. The van der Waals surface area contributed by atoms with Gasteiger partial charge in [0.2, 0.25) is 0 Å². The Labute approximate surface area is 107 Å². The minimum atomic E-state index is -0.191. The highest BCUT2D eigenvalue weighted by atomic mass is 16.5. The Kier molecular flexibility index (Phi) is 6.07. The van der Waals surface area contributed by atoms with Crippen molar-refractivity contribution >= 4 is 17.4 Å². The van der Waals surface area contributed by atoms with Crippen LogP contribution in [0.2, 0.25) is 0 Å². The van der Waals surface area contributed by atoms with Crippen LogP contribution in [0.1, 0.15) is 19.8 Å². The van der Waals surface area contributed by atoms with Crippen LogP contribution >= 0.6 is 0 Å². The molecule has 0 radical (unpaired) electrons. The Hall–Kier alpha value is -1.69. The molecule has 0 atom stereocenters. The number of anilines is 2. The largest absolute Gasteiger partial charge is 0.372 e. The summed E-state index contributed by atoms with van der Waals surface area (Å²) in [7, 11) is 3.71. The fourth-order valence-electron chi connectivity index (χ4n) is 1.37. The molecular weight excluding hydrogens is 232 g/mol. The normalized spacial score (nSPS) is 10.2. The van der Waals surface area contributed by atoms with Crippen LogP contribution in [0.25, 0.3) is 0 Å². The first kappa shape index (κ1) is 14.4. The van der Waals surface area contributed by atoms with Crippen LogP contribution in [0.15, 0.2) is 12.5 Å². The van der Waals surface area contributed by atoms with Gasteiger partial charge >= 0.3 is 0 Å². The minimum absolute atomic E-state index is 0.0573. The molecule has 6 nitrogen and oxygen atoms in total. The summed E-state index contributed by atoms with van der Waals surface area (Å²) in [4.78, 5) is 21.5. The molecule has 0 fully saturated rings. The molecule has 1 N–H and O–H groups in total. The smallest absolute Gasteiger partial charge is 0.250 e. The Morgan fingerprint density at radius 3 is 2.94 bits per heavy atom. The van der Waals surface area contributed by atoms with Crippen LogP contribution in [-0.2, 0) is 9.53 Å². The summed E-state index contributed by atoms with van der Waals surface area (Å²) in [6.45, 7) is 2.74. The van der Waals surface area contributed by atoms with E-state index in [0.717, 1.165) is 12.8 Å². The number of ether oxygens (including phenoxy) is 1. The average molecular weight is 252 g/mol. The molecule has 0 aromatic carbocycles. The molecule has 0 aliphatic carbocycles. The highest BCUT2D eigenvalue weighted by Gasteiger charge is 2.09. The second-order valence-electron chi connectivity index (χ2n) is 4.11. The van der Waals surface area contributed by atoms with E-state index in [2.05, 4.69) is 22.2 Å². The van der Waals surface area contributed by atoms with Gasteiger partial charge in [0.25, 0.3) is 5.91 Å². The quantitative estimate of drug-likeness (QED) is 0.741. The lowest BCUT2D eigenvalue weighted by Crippen LogP contribution is -2.21. The molecule has 0 saturated heterocycles. The maximum absolute atomic E-state index is 11.6. The highest BCUT2D eigenvalue weighted by molar-refractivity contribution is 5.94. The van der Waals surface area contributed by atoms with Crippen molar-refractivity contribution in [2.24, 2.45) is 0 Å². The molecule has 1 aromatic heterocycles. The molecule has 0 unspecified atom stereocenters. The Bertz CT molecular complexity index is 382. The van der Waals surface area contributed by atoms with E-state index in [1.807, 2.05) is 19.0 Å². The van der Waals surface area contributed by atoms with Crippen molar-refractivity contribution in [3.8, 4) is 0 Å². The highest BCUT2D eigenvalue weighted by Crippen LogP contribution is 2.18. The third-order valence-electron chi connectivity index (χ3n) is 2.26. The fourth-order valence-corrected chi connectivity index (χ4v) is 1.37. The number of amides is 1. The Morgan fingerprint density at radius 1 is 1.50 bits per heavy atom. The SMILES string of the molecule is CCCCOCC(=O)Nc1cncnc1N(C)C. The van der Waals surface area contributed by atoms with Crippen molar-refractivity contribution in [2.45, 2.75) is 19.8 Å². The monoisotopic (exact) mass is 252 g/mol. The molecule has 18 heavy (non-hydrogen) atoms. The van der Waals surface area contributed by atoms with E-state index >= 15 is 0 Å². The summed E-state index contributed by atoms with van der Waals surface area (Å²) in [5.74, 6) is 0.482. The molecule has 0 saturated carbocycles. The van der Waals surface area contributed by atoms with Gasteiger partial charge in [-0.2, -0.15) is 0 Å². The standard InChI is InChI=1S/C12H20N4O2/c1-4-5-6-18-8-11(17)15-10-7-13-9-14-12(10)16(2)3/h7,9H,4-6,8H2,1-3H3,(H,15,17). The van der Waals surface area contributed by atoms with Gasteiger partial charge in [0.05, 0.1) is 6.20 Å². The minimum Gasteiger partial charge on any atom is -0.372 e. The number of carbonyl (C=O) groups is 1. The van der Waals surface area contributed by atoms with Crippen LogP contribution in [0.3, 0.4) is 0 Å². The van der Waals surface area contributed by atoms with Crippen molar-refractivity contribution in [2.75, 3.05) is 37.5 Å². The molecule has 1 aromatic rings. The van der Waals surface area contributed by atoms with E-state index in [0.29, 0.717) is 18.1 Å². The molecule has 6 heteroatoms. The average Bonchev–Trinajstić information content (AvgIpc) is 2.35. The summed E-state index contributed by atoms with van der Waals surface area (Å²) in [5.41, 5.74) is 0.589. The zero-order valence-corrected chi connectivity index (χ0v) is 11.1. The van der Waals surface area contributed by atoms with Gasteiger partial charge in [0.1, 0.15) is 18.6 Å². The van der Waals surface area contributed by atoms with Gasteiger partial charge in [-0.15, -0.1) is 0 Å². The van der Waals surface area contributed by atoms with Crippen LogP contribution in [0, 0.1) is 0 Å². The van der Waals surface area contributed by atoms with Crippen molar-refractivity contribution in [1.29, 1.82) is 0 Å². The molecule has 0 aliphatic heterocycles. The summed E-state index contributed by atoms with van der Waals surface area (Å²) in [5, 5.41) is 2.74. The van der Waals surface area contributed by atoms with E-state index in [-0.39, 0.29) is 12.5 Å². The van der Waals surface area contributed by atoms with Crippen LogP contribution in [0.5, 0.6) is 0 Å². The summed E-state index contributed by atoms with van der Waals surface area (Å²) in [6.07, 6.45) is 5.04. The second-order valence-corrected chi connectivity index (χ2v) is 4.11. The van der Waals surface area contributed by atoms with Crippen molar-refractivity contribution in [3.63, 3.8) is 0 Å². The van der Waals surface area contributed by atoms with E-state index < -0.39 is 0 Å². The zero-order valence-electron chi connectivity index (χ0n) is 11.1. The first-order valence-electron chi connectivity index (χ1n) is 6.00. The van der Waals surface area contributed by atoms with E-state index in [1.165, 1.54) is 6.33 Å². The predicted octanol–water partition coefficient (Wildman–Crippen LogP) is 1.30. The third kappa shape index (κ3) is 4.67. The van der Waals surface area contributed by atoms with Gasteiger partial charge in [-0.05, 0) is 6.42 Å². The number of unbranched alkanes of at least 4 members (excludes halogenated alkanes) is 1. The van der Waals surface area contributed by atoms with E-state index in [1.54, 1.807) is 6.20 Å². The molecule has 0 aliphatic rings. The maximum atomic E-state index is 11.6. The van der Waals surface area contributed by atoms with Crippen LogP contribution < -0.4 is 10.2 Å². The van der Waals surface area contributed by atoms with E-state index in [4.69, 9.17) is 4.74 Å². The topological polar surface area (TPSA) is 67.3 Å². The molecular formula is C12H20N4O2. The first-order valence-corrected chi connectivity index (χ1v) is 6.00. The van der Waals surface area contributed by atoms with Gasteiger partial charge in [0, 0.05) is 20.7 Å². The molecule has 1 amide bonds. The fraction of sp³-hybridized carbons (Fsp3) is 0.583. The van der Waals surface area contributed by atoms with Gasteiger partial charge in [-0.1, -0.05) is 13.3 Å². The molecule has 0 bridgehead atoms. The van der Waals surface area contributed by atoms with Crippen LogP contribution in [-0.4, -0.2) is 43.2 Å². The van der Waals surface area contributed by atoms with Crippen molar-refractivity contribution < 1.29 is 9.53 Å². The van der Waals surface area contributed by atoms with Gasteiger partial charge in [-0.25, -0.2) is 9.97 Å². The lowest BCUT2D eigenvalue weighted by atomic mass is 10.4.